The van der Waals surface area contributed by atoms with E-state index in [0.29, 0.717) is 47.5 Å². The largest absolute Gasteiger partial charge is 0.493 e. The Hall–Kier alpha value is -2.68. The number of methoxy groups -OCH3 is 3. The first-order valence-corrected chi connectivity index (χ1v) is 13.2. The molecule has 202 valence electrons. The van der Waals surface area contributed by atoms with Crippen molar-refractivity contribution in [2.24, 2.45) is 5.92 Å². The topological polar surface area (TPSA) is 92.3 Å². The second kappa shape index (κ2) is 12.2. The number of benzene rings is 2. The molecule has 0 saturated carbocycles. The van der Waals surface area contributed by atoms with Crippen LogP contribution < -0.4 is 24.8 Å². The van der Waals surface area contributed by atoms with Crippen LogP contribution in [0.2, 0.25) is 5.02 Å². The fourth-order valence-corrected chi connectivity index (χ4v) is 5.97. The van der Waals surface area contributed by atoms with Crippen molar-refractivity contribution in [3.63, 3.8) is 0 Å². The standard InChI is InChI=1S/C28H38ClN3O5/c1-17(33)24(31-28(34)30-21-14-25(35-2)27(37-4)26(15-21)36-3)16-32-22-9-10-23(32)13-19(12-22)11-18-5-7-20(29)8-6-18/h5-8,14-15,17,19,22-24,33H,9-13,16H2,1-4H3,(H2,30,31,34)/t17-,19?,22?,23?,24-/m0/s1. The van der Waals surface area contributed by atoms with Crippen molar-refractivity contribution in [3.05, 3.63) is 47.0 Å². The maximum atomic E-state index is 12.9. The van der Waals surface area contributed by atoms with Crippen LogP contribution in [0.1, 0.15) is 38.2 Å². The second-order valence-electron chi connectivity index (χ2n) is 10.1. The van der Waals surface area contributed by atoms with Gasteiger partial charge in [0.05, 0.1) is 39.2 Å². The summed E-state index contributed by atoms with van der Waals surface area (Å²) in [6.07, 6.45) is 4.94. The lowest BCUT2D eigenvalue weighted by Gasteiger charge is -2.41. The van der Waals surface area contributed by atoms with Crippen molar-refractivity contribution < 1.29 is 24.1 Å². The molecule has 2 aromatic carbocycles. The number of urea groups is 1. The monoisotopic (exact) mass is 531 g/mol. The van der Waals surface area contributed by atoms with Crippen LogP contribution in [0, 0.1) is 5.92 Å². The molecule has 2 saturated heterocycles. The molecule has 4 rings (SSSR count). The molecule has 0 aromatic heterocycles. The molecule has 2 fully saturated rings. The van der Waals surface area contributed by atoms with Crippen LogP contribution >= 0.6 is 11.6 Å². The zero-order chi connectivity index (χ0) is 26.5. The van der Waals surface area contributed by atoms with Crippen molar-refractivity contribution in [2.45, 2.75) is 63.3 Å². The van der Waals surface area contributed by atoms with Crippen LogP contribution in [0.4, 0.5) is 10.5 Å². The van der Waals surface area contributed by atoms with Crippen LogP contribution in [-0.4, -0.2) is 68.1 Å². The second-order valence-corrected chi connectivity index (χ2v) is 10.5. The summed E-state index contributed by atoms with van der Waals surface area (Å²) in [5.41, 5.74) is 1.83. The first kappa shape index (κ1) is 27.4. The first-order chi connectivity index (χ1) is 17.8. The van der Waals surface area contributed by atoms with Crippen molar-refractivity contribution >= 4 is 23.3 Å². The number of carbonyl (C=O) groups is 1. The minimum absolute atomic E-state index is 0.398. The van der Waals surface area contributed by atoms with E-state index in [-0.39, 0.29) is 0 Å². The summed E-state index contributed by atoms with van der Waals surface area (Å²) in [4.78, 5) is 15.4. The Morgan fingerprint density at radius 2 is 1.65 bits per heavy atom. The number of carbonyl (C=O) groups excluding carboxylic acids is 1. The van der Waals surface area contributed by atoms with E-state index < -0.39 is 18.2 Å². The van der Waals surface area contributed by atoms with Crippen molar-refractivity contribution in [1.82, 2.24) is 10.2 Å². The Morgan fingerprint density at radius 1 is 1.05 bits per heavy atom. The van der Waals surface area contributed by atoms with E-state index >= 15 is 0 Å². The smallest absolute Gasteiger partial charge is 0.319 e. The number of nitrogens with zero attached hydrogens (tertiary/aromatic N) is 1. The number of hydrogen-bond acceptors (Lipinski definition) is 6. The van der Waals surface area contributed by atoms with Gasteiger partial charge in [-0.2, -0.15) is 0 Å². The van der Waals surface area contributed by atoms with Crippen LogP contribution in [0.3, 0.4) is 0 Å². The highest BCUT2D eigenvalue weighted by Gasteiger charge is 2.41. The Bertz CT molecular complexity index is 1030. The SMILES string of the molecule is COc1cc(NC(=O)N[C@@H](CN2C3CCC2CC(Cc2ccc(Cl)cc2)C3)[C@H](C)O)cc(OC)c1OC. The summed E-state index contributed by atoms with van der Waals surface area (Å²) >= 11 is 6.05. The highest BCUT2D eigenvalue weighted by Crippen LogP contribution is 2.41. The molecule has 3 N–H and O–H groups in total. The van der Waals surface area contributed by atoms with Crippen molar-refractivity contribution in [2.75, 3.05) is 33.2 Å². The van der Waals surface area contributed by atoms with Crippen LogP contribution in [0.25, 0.3) is 0 Å². The molecule has 2 amide bonds. The van der Waals surface area contributed by atoms with Crippen molar-refractivity contribution in [3.8, 4) is 17.2 Å². The van der Waals surface area contributed by atoms with Gasteiger partial charge in [-0.15, -0.1) is 0 Å². The van der Waals surface area contributed by atoms with E-state index in [1.54, 1.807) is 19.1 Å². The minimum atomic E-state index is -0.697. The van der Waals surface area contributed by atoms with Crippen LogP contribution in [0.15, 0.2) is 36.4 Å². The lowest BCUT2D eigenvalue weighted by atomic mass is 9.85. The van der Waals surface area contributed by atoms with Gasteiger partial charge in [0.1, 0.15) is 0 Å². The minimum Gasteiger partial charge on any atom is -0.493 e. The summed E-state index contributed by atoms with van der Waals surface area (Å²) in [6.45, 7) is 2.34. The summed E-state index contributed by atoms with van der Waals surface area (Å²) in [5, 5.41) is 17.1. The van der Waals surface area contributed by atoms with Gasteiger partial charge < -0.3 is 30.0 Å². The van der Waals surface area contributed by atoms with Crippen LogP contribution in [0.5, 0.6) is 17.2 Å². The van der Waals surface area contributed by atoms with Gasteiger partial charge in [-0.05, 0) is 62.6 Å². The molecule has 37 heavy (non-hydrogen) atoms. The number of ether oxygens (including phenoxy) is 3. The predicted octanol–water partition coefficient (Wildman–Crippen LogP) is 4.72. The van der Waals surface area contributed by atoms with E-state index in [9.17, 15) is 9.90 Å². The lowest BCUT2D eigenvalue weighted by molar-refractivity contribution is 0.0620. The predicted molar refractivity (Wildman–Crippen MR) is 145 cm³/mol. The molecule has 2 bridgehead atoms. The van der Waals surface area contributed by atoms with Gasteiger partial charge in [-0.1, -0.05) is 23.7 Å². The number of fused-ring (bicyclic) bond motifs is 2. The van der Waals surface area contributed by atoms with E-state index in [0.717, 1.165) is 37.1 Å². The van der Waals surface area contributed by atoms with E-state index in [1.165, 1.54) is 26.9 Å². The lowest BCUT2D eigenvalue weighted by Crippen LogP contribution is -2.54. The number of piperidine rings is 1. The average Bonchev–Trinajstić information content (AvgIpc) is 3.11. The van der Waals surface area contributed by atoms with Gasteiger partial charge in [0.2, 0.25) is 5.75 Å². The molecule has 0 radical (unpaired) electrons. The Kier molecular flexibility index (Phi) is 9.05. The third kappa shape index (κ3) is 6.61. The third-order valence-electron chi connectivity index (χ3n) is 7.65. The molecular weight excluding hydrogens is 494 g/mol. The molecule has 8 nitrogen and oxygen atoms in total. The van der Waals surface area contributed by atoms with Gasteiger partial charge in [0, 0.05) is 35.8 Å². The van der Waals surface area contributed by atoms with Gasteiger partial charge in [-0.25, -0.2) is 4.79 Å². The quantitative estimate of drug-likeness (QED) is 0.411. The number of aliphatic hydroxyl groups is 1. The van der Waals surface area contributed by atoms with Gasteiger partial charge >= 0.3 is 6.03 Å². The molecule has 4 atom stereocenters. The molecular formula is C28H38ClN3O5. The highest BCUT2D eigenvalue weighted by molar-refractivity contribution is 6.30. The Morgan fingerprint density at radius 3 is 2.16 bits per heavy atom. The number of halogens is 1. The van der Waals surface area contributed by atoms with E-state index in [1.807, 2.05) is 12.1 Å². The Balaban J connectivity index is 1.37. The first-order valence-electron chi connectivity index (χ1n) is 12.9. The number of rotatable bonds is 10. The summed E-state index contributed by atoms with van der Waals surface area (Å²) in [6, 6.07) is 11.6. The highest BCUT2D eigenvalue weighted by atomic mass is 35.5. The maximum Gasteiger partial charge on any atom is 0.319 e. The fraction of sp³-hybridized carbons (Fsp3) is 0.536. The summed E-state index contributed by atoms with van der Waals surface area (Å²) in [5.74, 6) is 1.98. The molecule has 2 unspecified atom stereocenters. The number of aliphatic hydroxyl groups excluding tert-OH is 1. The molecule has 0 aliphatic carbocycles. The Labute approximate surface area is 224 Å². The van der Waals surface area contributed by atoms with Crippen molar-refractivity contribution in [1.29, 1.82) is 0 Å². The fourth-order valence-electron chi connectivity index (χ4n) is 5.84. The third-order valence-corrected chi connectivity index (χ3v) is 7.90. The molecule has 2 aliphatic rings. The zero-order valence-corrected chi connectivity index (χ0v) is 22.8. The summed E-state index contributed by atoms with van der Waals surface area (Å²) in [7, 11) is 4.58. The molecule has 2 aromatic rings. The average molecular weight is 532 g/mol. The molecule has 0 spiro atoms. The normalized spacial score (nSPS) is 22.7. The number of anilines is 1. The van der Waals surface area contributed by atoms with Gasteiger partial charge in [-0.3, -0.25) is 4.90 Å². The van der Waals surface area contributed by atoms with E-state index in [2.05, 4.69) is 27.7 Å². The maximum absolute atomic E-state index is 12.9. The molecule has 2 heterocycles. The summed E-state index contributed by atoms with van der Waals surface area (Å²) < 4.78 is 16.1. The zero-order valence-electron chi connectivity index (χ0n) is 22.0. The van der Waals surface area contributed by atoms with Gasteiger partial charge in [0.15, 0.2) is 11.5 Å². The molecule has 9 heteroatoms. The van der Waals surface area contributed by atoms with E-state index in [4.69, 9.17) is 25.8 Å². The molecule has 2 aliphatic heterocycles. The number of nitrogens with one attached hydrogen (secondary N) is 2. The van der Waals surface area contributed by atoms with Gasteiger partial charge in [0.25, 0.3) is 0 Å². The van der Waals surface area contributed by atoms with Crippen LogP contribution in [-0.2, 0) is 6.42 Å². The number of amides is 2. The number of hydrogen-bond donors (Lipinski definition) is 3.